The number of methoxy groups -OCH3 is 2. The zero-order valence-electron chi connectivity index (χ0n) is 14.5. The van der Waals surface area contributed by atoms with E-state index in [1.807, 2.05) is 48.5 Å². The number of nitrogens with one attached hydrogen (secondary N) is 1. The Kier molecular flexibility index (Phi) is 8.81. The van der Waals surface area contributed by atoms with E-state index in [4.69, 9.17) is 15.2 Å². The third-order valence-corrected chi connectivity index (χ3v) is 3.86. The van der Waals surface area contributed by atoms with Gasteiger partial charge in [0, 0.05) is 19.0 Å². The second-order valence-corrected chi connectivity index (χ2v) is 5.50. The van der Waals surface area contributed by atoms with Crippen molar-refractivity contribution in [1.29, 1.82) is 0 Å². The molecule has 1 amide bonds. The Morgan fingerprint density at radius 3 is 2.48 bits per heavy atom. The molecule has 0 spiro atoms. The van der Waals surface area contributed by atoms with Crippen molar-refractivity contribution >= 4 is 18.3 Å². The molecule has 3 N–H and O–H groups in total. The lowest BCUT2D eigenvalue weighted by Gasteiger charge is -2.14. The number of carbonyl (C=O) groups is 1. The average Bonchev–Trinajstić information content (AvgIpc) is 2.64. The Hall–Kier alpha value is -2.24. The summed E-state index contributed by atoms with van der Waals surface area (Å²) in [5.41, 5.74) is 8.03. The van der Waals surface area contributed by atoms with Crippen LogP contribution in [-0.2, 0) is 11.2 Å². The molecule has 0 saturated carbocycles. The molecule has 25 heavy (non-hydrogen) atoms. The second kappa shape index (κ2) is 10.6. The van der Waals surface area contributed by atoms with Gasteiger partial charge in [0.1, 0.15) is 11.5 Å². The monoisotopic (exact) mass is 364 g/mol. The fraction of sp³-hybridized carbons (Fsp3) is 0.316. The van der Waals surface area contributed by atoms with Crippen LogP contribution < -0.4 is 20.5 Å². The minimum absolute atomic E-state index is 0. The van der Waals surface area contributed by atoms with Crippen LogP contribution in [-0.4, -0.2) is 26.7 Å². The van der Waals surface area contributed by atoms with Crippen molar-refractivity contribution < 1.29 is 14.3 Å². The summed E-state index contributed by atoms with van der Waals surface area (Å²) in [5.74, 6) is 1.47. The van der Waals surface area contributed by atoms with Gasteiger partial charge in [0.25, 0.3) is 0 Å². The molecule has 0 radical (unpaired) electrons. The van der Waals surface area contributed by atoms with Crippen LogP contribution in [0.5, 0.6) is 11.5 Å². The van der Waals surface area contributed by atoms with Gasteiger partial charge in [-0.1, -0.05) is 30.3 Å². The van der Waals surface area contributed by atoms with Gasteiger partial charge in [-0.3, -0.25) is 4.79 Å². The molecule has 6 heteroatoms. The summed E-state index contributed by atoms with van der Waals surface area (Å²) in [5, 5.41) is 2.88. The van der Waals surface area contributed by atoms with Crippen molar-refractivity contribution in [1.82, 2.24) is 5.32 Å². The van der Waals surface area contributed by atoms with Crippen molar-refractivity contribution in [2.75, 3.05) is 20.8 Å². The number of benzene rings is 2. The molecule has 1 unspecified atom stereocenters. The zero-order chi connectivity index (χ0) is 17.4. The first kappa shape index (κ1) is 20.8. The summed E-state index contributed by atoms with van der Waals surface area (Å²) in [6.07, 6.45) is 0.942. The molecule has 136 valence electrons. The predicted octanol–water partition coefficient (Wildman–Crippen LogP) is 2.87. The van der Waals surface area contributed by atoms with Crippen molar-refractivity contribution in [3.05, 3.63) is 59.7 Å². The summed E-state index contributed by atoms with van der Waals surface area (Å²) in [4.78, 5) is 12.1. The number of halogens is 1. The van der Waals surface area contributed by atoms with E-state index in [9.17, 15) is 4.79 Å². The number of hydrogen-bond donors (Lipinski definition) is 2. The van der Waals surface area contributed by atoms with Crippen molar-refractivity contribution in [3.63, 3.8) is 0 Å². The number of nitrogens with two attached hydrogens (primary N) is 1. The Morgan fingerprint density at radius 2 is 1.84 bits per heavy atom. The molecule has 0 aliphatic heterocycles. The van der Waals surface area contributed by atoms with Gasteiger partial charge in [0.15, 0.2) is 0 Å². The summed E-state index contributed by atoms with van der Waals surface area (Å²) < 4.78 is 10.5. The van der Waals surface area contributed by atoms with Gasteiger partial charge in [-0.2, -0.15) is 0 Å². The molecule has 2 rings (SSSR count). The van der Waals surface area contributed by atoms with E-state index in [-0.39, 0.29) is 24.4 Å². The lowest BCUT2D eigenvalue weighted by atomic mass is 10.1. The quantitative estimate of drug-likeness (QED) is 0.755. The number of hydrogen-bond acceptors (Lipinski definition) is 4. The SMILES string of the molecule is COc1ccc(OC)c(CCC(=O)NCC(N)c2ccccc2)c1.Cl. The van der Waals surface area contributed by atoms with Crippen LogP contribution in [0.3, 0.4) is 0 Å². The van der Waals surface area contributed by atoms with Crippen LogP contribution in [0.15, 0.2) is 48.5 Å². The normalized spacial score (nSPS) is 11.2. The van der Waals surface area contributed by atoms with Crippen molar-refractivity contribution in [2.24, 2.45) is 5.73 Å². The molecular weight excluding hydrogens is 340 g/mol. The van der Waals surface area contributed by atoms with Crippen molar-refractivity contribution in [2.45, 2.75) is 18.9 Å². The molecule has 0 aromatic heterocycles. The van der Waals surface area contributed by atoms with E-state index in [1.165, 1.54) is 0 Å². The molecule has 0 aliphatic carbocycles. The highest BCUT2D eigenvalue weighted by molar-refractivity contribution is 5.85. The zero-order valence-corrected chi connectivity index (χ0v) is 15.3. The molecule has 0 bridgehead atoms. The number of carbonyl (C=O) groups excluding carboxylic acids is 1. The van der Waals surface area contributed by atoms with Crippen molar-refractivity contribution in [3.8, 4) is 11.5 Å². The summed E-state index contributed by atoms with van der Waals surface area (Å²) in [7, 11) is 3.23. The highest BCUT2D eigenvalue weighted by Gasteiger charge is 2.10. The highest BCUT2D eigenvalue weighted by Crippen LogP contribution is 2.25. The standard InChI is InChI=1S/C19H24N2O3.ClH/c1-23-16-9-10-18(24-2)15(12-16)8-11-19(22)21-13-17(20)14-6-4-3-5-7-14;/h3-7,9-10,12,17H,8,11,13,20H2,1-2H3,(H,21,22);1H. The lowest BCUT2D eigenvalue weighted by molar-refractivity contribution is -0.121. The first-order valence-corrected chi connectivity index (χ1v) is 7.92. The maximum Gasteiger partial charge on any atom is 0.220 e. The smallest absolute Gasteiger partial charge is 0.220 e. The Morgan fingerprint density at radius 1 is 1.12 bits per heavy atom. The number of aryl methyl sites for hydroxylation is 1. The number of rotatable bonds is 8. The highest BCUT2D eigenvalue weighted by atomic mass is 35.5. The van der Waals surface area contributed by atoms with Gasteiger partial charge < -0.3 is 20.5 Å². The molecule has 0 heterocycles. The molecule has 0 fully saturated rings. The van der Waals surface area contributed by atoms with Crippen LogP contribution in [0.1, 0.15) is 23.6 Å². The Bertz CT molecular complexity index is 665. The number of amides is 1. The minimum Gasteiger partial charge on any atom is -0.497 e. The molecule has 5 nitrogen and oxygen atoms in total. The largest absolute Gasteiger partial charge is 0.497 e. The van der Waals surface area contributed by atoms with Crippen LogP contribution in [0.25, 0.3) is 0 Å². The molecule has 0 aliphatic rings. The van der Waals surface area contributed by atoms with E-state index in [2.05, 4.69) is 5.32 Å². The molecule has 2 aromatic carbocycles. The third-order valence-electron chi connectivity index (χ3n) is 3.86. The first-order valence-electron chi connectivity index (χ1n) is 7.92. The molecule has 2 aromatic rings. The fourth-order valence-corrected chi connectivity index (χ4v) is 2.46. The van der Waals surface area contributed by atoms with Gasteiger partial charge in [-0.15, -0.1) is 12.4 Å². The van der Waals surface area contributed by atoms with Gasteiger partial charge in [-0.25, -0.2) is 0 Å². The molecule has 0 saturated heterocycles. The van der Waals surface area contributed by atoms with Gasteiger partial charge >= 0.3 is 0 Å². The Balaban J connectivity index is 0.00000312. The molecular formula is C19H25ClN2O3. The van der Waals surface area contributed by atoms with Gasteiger partial charge in [0.2, 0.25) is 5.91 Å². The maximum absolute atomic E-state index is 12.1. The number of ether oxygens (including phenoxy) is 2. The van der Waals surface area contributed by atoms with E-state index < -0.39 is 0 Å². The van der Waals surface area contributed by atoms with Crippen LogP contribution >= 0.6 is 12.4 Å². The van der Waals surface area contributed by atoms with E-state index >= 15 is 0 Å². The van der Waals surface area contributed by atoms with Crippen LogP contribution in [0.2, 0.25) is 0 Å². The fourth-order valence-electron chi connectivity index (χ4n) is 2.46. The van der Waals surface area contributed by atoms with E-state index in [0.717, 1.165) is 22.6 Å². The predicted molar refractivity (Wildman–Crippen MR) is 101 cm³/mol. The third kappa shape index (κ3) is 6.29. The van der Waals surface area contributed by atoms with E-state index in [0.29, 0.717) is 19.4 Å². The second-order valence-electron chi connectivity index (χ2n) is 5.50. The summed E-state index contributed by atoms with van der Waals surface area (Å²) in [6, 6.07) is 15.1. The average molecular weight is 365 g/mol. The summed E-state index contributed by atoms with van der Waals surface area (Å²) >= 11 is 0. The van der Waals surface area contributed by atoms with E-state index in [1.54, 1.807) is 14.2 Å². The topological polar surface area (TPSA) is 73.6 Å². The van der Waals surface area contributed by atoms with Gasteiger partial charge in [-0.05, 0) is 35.7 Å². The minimum atomic E-state index is -0.207. The molecule has 1 atom stereocenters. The lowest BCUT2D eigenvalue weighted by Crippen LogP contribution is -2.32. The maximum atomic E-state index is 12.1. The summed E-state index contributed by atoms with van der Waals surface area (Å²) in [6.45, 7) is 0.415. The van der Waals surface area contributed by atoms with Crippen LogP contribution in [0, 0.1) is 0 Å². The van der Waals surface area contributed by atoms with Crippen LogP contribution in [0.4, 0.5) is 0 Å². The Labute approximate surface area is 154 Å². The first-order chi connectivity index (χ1) is 11.6. The van der Waals surface area contributed by atoms with Gasteiger partial charge in [0.05, 0.1) is 14.2 Å².